The van der Waals surface area contributed by atoms with Gasteiger partial charge >= 0.3 is 0 Å². The van der Waals surface area contributed by atoms with E-state index in [1.54, 1.807) is 0 Å². The molecule has 1 heterocycles. The lowest BCUT2D eigenvalue weighted by atomic mass is 10.0. The topological polar surface area (TPSA) is 135 Å². The van der Waals surface area contributed by atoms with Crippen LogP contribution in [0.25, 0.3) is 0 Å². The average molecular weight is 314 g/mol. The Morgan fingerprint density at radius 2 is 2.24 bits per heavy atom. The van der Waals surface area contributed by atoms with Crippen LogP contribution in [0, 0.1) is 5.92 Å². The first-order valence-electron chi connectivity index (χ1n) is 6.57. The van der Waals surface area contributed by atoms with Crippen LogP contribution in [0.4, 0.5) is 5.82 Å². The van der Waals surface area contributed by atoms with Gasteiger partial charge in [0.05, 0.1) is 5.56 Å². The van der Waals surface area contributed by atoms with Crippen LogP contribution in [-0.4, -0.2) is 48.3 Å². The first kappa shape index (κ1) is 15.6. The molecule has 0 saturated heterocycles. The molecule has 1 aliphatic rings. The van der Waals surface area contributed by atoms with Gasteiger partial charge in [0.15, 0.2) is 0 Å². The molecule has 2 atom stereocenters. The fraction of sp³-hybridized carbons (Fsp3) is 0.583. The van der Waals surface area contributed by atoms with Gasteiger partial charge < -0.3 is 16.2 Å². The number of sulfone groups is 1. The molecule has 0 spiro atoms. The second kappa shape index (κ2) is 5.94. The molecule has 4 N–H and O–H groups in total. The summed E-state index contributed by atoms with van der Waals surface area (Å²) >= 11 is 0. The van der Waals surface area contributed by atoms with Gasteiger partial charge in [-0.15, -0.1) is 0 Å². The normalized spacial score (nSPS) is 22.2. The number of carbonyl (C=O) groups excluding carboxylic acids is 1. The molecule has 1 fully saturated rings. The highest BCUT2D eigenvalue weighted by atomic mass is 32.2. The Kier molecular flexibility index (Phi) is 4.43. The molecule has 21 heavy (non-hydrogen) atoms. The molecule has 0 aromatic carbocycles. The number of carbonyl (C=O) groups is 1. The second-order valence-corrected chi connectivity index (χ2v) is 7.09. The van der Waals surface area contributed by atoms with Gasteiger partial charge in [0.1, 0.15) is 5.82 Å². The molecular weight excluding hydrogens is 296 g/mol. The number of aliphatic hydroxyl groups is 1. The highest BCUT2D eigenvalue weighted by Gasteiger charge is 2.28. The van der Waals surface area contributed by atoms with E-state index < -0.39 is 15.7 Å². The van der Waals surface area contributed by atoms with Gasteiger partial charge in [-0.05, 0) is 12.8 Å². The van der Waals surface area contributed by atoms with E-state index in [0.29, 0.717) is 0 Å². The molecule has 8 nitrogen and oxygen atoms in total. The maximum atomic E-state index is 11.5. The number of primary amides is 1. The highest BCUT2D eigenvalue weighted by molar-refractivity contribution is 7.90. The van der Waals surface area contributed by atoms with Crippen LogP contribution >= 0.6 is 0 Å². The van der Waals surface area contributed by atoms with Crippen molar-refractivity contribution in [2.24, 2.45) is 11.7 Å². The molecule has 1 aromatic rings. The van der Waals surface area contributed by atoms with Crippen molar-refractivity contribution in [1.82, 2.24) is 9.97 Å². The number of amides is 1. The van der Waals surface area contributed by atoms with Gasteiger partial charge in [0.2, 0.25) is 15.0 Å². The molecule has 0 radical (unpaired) electrons. The van der Waals surface area contributed by atoms with Crippen molar-refractivity contribution in [2.75, 3.05) is 18.2 Å². The lowest BCUT2D eigenvalue weighted by Gasteiger charge is -2.20. The predicted molar refractivity (Wildman–Crippen MR) is 75.5 cm³/mol. The zero-order valence-corrected chi connectivity index (χ0v) is 12.4. The standard InChI is InChI=1S/C12H18N4O4S/c1-21(19,20)12-14-5-8(10(13)18)11(16-12)15-9-4-2-3-7(9)6-17/h5,7,9,17H,2-4,6H2,1H3,(H2,13,18)(H,14,15,16). The largest absolute Gasteiger partial charge is 0.396 e. The summed E-state index contributed by atoms with van der Waals surface area (Å²) in [6.07, 6.45) is 4.71. The molecule has 116 valence electrons. The fourth-order valence-corrected chi connectivity index (χ4v) is 2.96. The number of hydrogen-bond acceptors (Lipinski definition) is 7. The van der Waals surface area contributed by atoms with Gasteiger partial charge in [-0.3, -0.25) is 4.79 Å². The van der Waals surface area contributed by atoms with E-state index in [-0.39, 0.29) is 35.1 Å². The van der Waals surface area contributed by atoms with Crippen molar-refractivity contribution in [2.45, 2.75) is 30.5 Å². The predicted octanol–water partition coefficient (Wildman–Crippen LogP) is -0.448. The number of aliphatic hydroxyl groups excluding tert-OH is 1. The monoisotopic (exact) mass is 314 g/mol. The second-order valence-electron chi connectivity index (χ2n) is 5.18. The summed E-state index contributed by atoms with van der Waals surface area (Å²) in [4.78, 5) is 19.0. The van der Waals surface area contributed by atoms with E-state index in [2.05, 4.69) is 15.3 Å². The molecular formula is C12H18N4O4S. The minimum absolute atomic E-state index is 0.0214. The minimum Gasteiger partial charge on any atom is -0.396 e. The molecule has 1 amide bonds. The van der Waals surface area contributed by atoms with Gasteiger partial charge in [-0.1, -0.05) is 6.42 Å². The van der Waals surface area contributed by atoms with Crippen molar-refractivity contribution in [3.8, 4) is 0 Å². The molecule has 0 aliphatic heterocycles. The van der Waals surface area contributed by atoms with Crippen LogP contribution in [0.5, 0.6) is 0 Å². The number of nitrogens with zero attached hydrogens (tertiary/aromatic N) is 2. The summed E-state index contributed by atoms with van der Waals surface area (Å²) in [7, 11) is -3.58. The summed E-state index contributed by atoms with van der Waals surface area (Å²) in [6, 6.07) is -0.0737. The third-order valence-corrected chi connectivity index (χ3v) is 4.44. The Balaban J connectivity index is 2.37. The summed E-state index contributed by atoms with van der Waals surface area (Å²) in [5, 5.41) is 12.0. The fourth-order valence-electron chi connectivity index (χ4n) is 2.46. The van der Waals surface area contributed by atoms with Crippen molar-refractivity contribution < 1.29 is 18.3 Å². The first-order chi connectivity index (χ1) is 9.82. The van der Waals surface area contributed by atoms with E-state index in [9.17, 15) is 18.3 Å². The van der Waals surface area contributed by atoms with E-state index in [1.807, 2.05) is 0 Å². The minimum atomic E-state index is -3.58. The molecule has 9 heteroatoms. The lowest BCUT2D eigenvalue weighted by Crippen LogP contribution is -2.29. The maximum absolute atomic E-state index is 11.5. The average Bonchev–Trinajstić information content (AvgIpc) is 2.84. The molecule has 0 bridgehead atoms. The van der Waals surface area contributed by atoms with Crippen LogP contribution in [0.3, 0.4) is 0 Å². The van der Waals surface area contributed by atoms with Crippen LogP contribution in [0.1, 0.15) is 29.6 Å². The summed E-state index contributed by atoms with van der Waals surface area (Å²) in [5.74, 6) is -0.596. The third-order valence-electron chi connectivity index (χ3n) is 3.58. The Labute approximate surface area is 122 Å². The number of nitrogens with two attached hydrogens (primary N) is 1. The Morgan fingerprint density at radius 3 is 2.81 bits per heavy atom. The van der Waals surface area contributed by atoms with Gasteiger partial charge in [-0.2, -0.15) is 0 Å². The zero-order chi connectivity index (χ0) is 15.6. The number of anilines is 1. The van der Waals surface area contributed by atoms with Crippen LogP contribution in [0.15, 0.2) is 11.4 Å². The van der Waals surface area contributed by atoms with Crippen LogP contribution < -0.4 is 11.1 Å². The van der Waals surface area contributed by atoms with Crippen LogP contribution in [0.2, 0.25) is 0 Å². The summed E-state index contributed by atoms with van der Waals surface area (Å²) < 4.78 is 23.0. The smallest absolute Gasteiger partial charge is 0.254 e. The number of rotatable bonds is 5. The Morgan fingerprint density at radius 1 is 1.52 bits per heavy atom. The molecule has 2 unspecified atom stereocenters. The summed E-state index contributed by atoms with van der Waals surface area (Å²) in [5.41, 5.74) is 5.29. The first-order valence-corrected chi connectivity index (χ1v) is 8.46. The van der Waals surface area contributed by atoms with E-state index in [0.717, 1.165) is 31.7 Å². The lowest BCUT2D eigenvalue weighted by molar-refractivity contribution is 0.1000. The molecule has 1 saturated carbocycles. The quantitative estimate of drug-likeness (QED) is 0.626. The number of aromatic nitrogens is 2. The molecule has 1 aromatic heterocycles. The van der Waals surface area contributed by atoms with Gasteiger partial charge in [-0.25, -0.2) is 18.4 Å². The summed E-state index contributed by atoms with van der Waals surface area (Å²) in [6.45, 7) is 0.0214. The Hall–Kier alpha value is -1.74. The molecule has 1 aliphatic carbocycles. The number of hydrogen-bond donors (Lipinski definition) is 3. The Bertz CT molecular complexity index is 647. The van der Waals surface area contributed by atoms with Crippen molar-refractivity contribution in [1.29, 1.82) is 0 Å². The third kappa shape index (κ3) is 3.48. The van der Waals surface area contributed by atoms with E-state index >= 15 is 0 Å². The molecule has 2 rings (SSSR count). The zero-order valence-electron chi connectivity index (χ0n) is 11.6. The van der Waals surface area contributed by atoms with Gasteiger partial charge in [0, 0.05) is 31.0 Å². The van der Waals surface area contributed by atoms with E-state index in [1.165, 1.54) is 0 Å². The van der Waals surface area contributed by atoms with Crippen molar-refractivity contribution in [3.05, 3.63) is 11.8 Å². The SMILES string of the molecule is CS(=O)(=O)c1ncc(C(N)=O)c(NC2CCCC2CO)n1. The number of nitrogens with one attached hydrogen (secondary N) is 1. The van der Waals surface area contributed by atoms with E-state index in [4.69, 9.17) is 5.73 Å². The van der Waals surface area contributed by atoms with Crippen LogP contribution in [-0.2, 0) is 9.84 Å². The van der Waals surface area contributed by atoms with Crippen molar-refractivity contribution >= 4 is 21.6 Å². The maximum Gasteiger partial charge on any atom is 0.254 e. The highest BCUT2D eigenvalue weighted by Crippen LogP contribution is 2.28. The van der Waals surface area contributed by atoms with Crippen molar-refractivity contribution in [3.63, 3.8) is 0 Å². The van der Waals surface area contributed by atoms with Gasteiger partial charge in [0.25, 0.3) is 5.91 Å².